The van der Waals surface area contributed by atoms with E-state index in [1.54, 1.807) is 0 Å². The molecule has 1 unspecified atom stereocenters. The van der Waals surface area contributed by atoms with Crippen molar-refractivity contribution in [1.82, 2.24) is 10.0 Å². The Balaban J connectivity index is 0. The van der Waals surface area contributed by atoms with Crippen LogP contribution in [-0.2, 0) is 14.4 Å². The Morgan fingerprint density at radius 2 is 1.03 bits per heavy atom. The van der Waals surface area contributed by atoms with Gasteiger partial charge < -0.3 is 15.9 Å². The molecule has 0 saturated heterocycles. The zero-order valence-electron chi connectivity index (χ0n) is 24.5. The van der Waals surface area contributed by atoms with Crippen molar-refractivity contribution in [2.75, 3.05) is 19.6 Å². The van der Waals surface area contributed by atoms with Crippen LogP contribution in [0.2, 0.25) is 0 Å². The van der Waals surface area contributed by atoms with E-state index in [9.17, 15) is 14.4 Å². The molecule has 0 aromatic heterocycles. The Kier molecular flexibility index (Phi) is 27.7. The normalized spacial score (nSPS) is 11.6. The molecule has 4 N–H and O–H groups in total. The second-order valence-electron chi connectivity index (χ2n) is 9.83. The van der Waals surface area contributed by atoms with Crippen LogP contribution in [0.25, 0.3) is 0 Å². The Hall–Kier alpha value is -1.67. The SMILES string of the molecule is CCCCCCCCCCCCCCCCCC(=O)N(CC)N(CC)CC.NC(CCC(=O)O)C(=O)O. The quantitative estimate of drug-likeness (QED) is 0.0948. The Morgan fingerprint density at radius 1 is 0.622 bits per heavy atom. The Morgan fingerprint density at radius 3 is 1.35 bits per heavy atom. The number of carboxylic acid groups (broad SMARTS) is 2. The highest BCUT2D eigenvalue weighted by Crippen LogP contribution is 2.14. The minimum absolute atomic E-state index is 0.0231. The van der Waals surface area contributed by atoms with Crippen LogP contribution < -0.4 is 5.73 Å². The van der Waals surface area contributed by atoms with Crippen molar-refractivity contribution in [1.29, 1.82) is 0 Å². The summed E-state index contributed by atoms with van der Waals surface area (Å²) in [4.78, 5) is 32.2. The van der Waals surface area contributed by atoms with Crippen LogP contribution in [0.1, 0.15) is 143 Å². The van der Waals surface area contributed by atoms with Crippen molar-refractivity contribution < 1.29 is 24.6 Å². The smallest absolute Gasteiger partial charge is 0.320 e. The van der Waals surface area contributed by atoms with Crippen molar-refractivity contribution in [3.05, 3.63) is 0 Å². The van der Waals surface area contributed by atoms with E-state index in [4.69, 9.17) is 15.9 Å². The fourth-order valence-electron chi connectivity index (χ4n) is 4.28. The highest BCUT2D eigenvalue weighted by Gasteiger charge is 2.16. The summed E-state index contributed by atoms with van der Waals surface area (Å²) in [7, 11) is 0. The number of nitrogens with zero attached hydrogens (tertiary/aromatic N) is 2. The van der Waals surface area contributed by atoms with Gasteiger partial charge in [0.05, 0.1) is 0 Å². The number of rotatable bonds is 24. The van der Waals surface area contributed by atoms with Gasteiger partial charge in [0, 0.05) is 32.5 Å². The van der Waals surface area contributed by atoms with Gasteiger partial charge >= 0.3 is 11.9 Å². The van der Waals surface area contributed by atoms with Gasteiger partial charge in [-0.05, 0) is 19.8 Å². The van der Waals surface area contributed by atoms with Crippen LogP contribution in [0.4, 0.5) is 0 Å². The Labute approximate surface area is 227 Å². The Bertz CT molecular complexity index is 556. The van der Waals surface area contributed by atoms with Crippen molar-refractivity contribution in [3.8, 4) is 0 Å². The molecule has 0 aromatic carbocycles. The second kappa shape index (κ2) is 27.4. The van der Waals surface area contributed by atoms with E-state index in [-0.39, 0.29) is 12.8 Å². The molecule has 220 valence electrons. The number of unbranched alkanes of at least 4 members (excludes halogenated alkanes) is 14. The van der Waals surface area contributed by atoms with Gasteiger partial charge in [-0.15, -0.1) is 0 Å². The molecular weight excluding hydrogens is 470 g/mol. The maximum Gasteiger partial charge on any atom is 0.320 e. The topological polar surface area (TPSA) is 124 Å². The van der Waals surface area contributed by atoms with Crippen LogP contribution >= 0.6 is 0 Å². The van der Waals surface area contributed by atoms with Crippen LogP contribution in [0.15, 0.2) is 0 Å². The first-order chi connectivity index (χ1) is 17.7. The average Bonchev–Trinajstić information content (AvgIpc) is 2.88. The average molecular weight is 530 g/mol. The summed E-state index contributed by atoms with van der Waals surface area (Å²) in [5.41, 5.74) is 5.00. The summed E-state index contributed by atoms with van der Waals surface area (Å²) >= 11 is 0. The molecule has 1 atom stereocenters. The molecule has 0 bridgehead atoms. The van der Waals surface area contributed by atoms with E-state index >= 15 is 0 Å². The van der Waals surface area contributed by atoms with Crippen LogP contribution in [0.3, 0.4) is 0 Å². The number of amides is 1. The summed E-state index contributed by atoms with van der Waals surface area (Å²) in [5.74, 6) is -1.89. The highest BCUT2D eigenvalue weighted by molar-refractivity contribution is 5.75. The molecule has 0 aliphatic carbocycles. The maximum atomic E-state index is 12.4. The second-order valence-corrected chi connectivity index (χ2v) is 9.83. The predicted octanol–water partition coefficient (Wildman–Crippen LogP) is 6.62. The van der Waals surface area contributed by atoms with Gasteiger partial charge in [-0.3, -0.25) is 19.4 Å². The van der Waals surface area contributed by atoms with Gasteiger partial charge in [0.15, 0.2) is 0 Å². The van der Waals surface area contributed by atoms with Crippen molar-refractivity contribution in [2.45, 2.75) is 149 Å². The molecule has 8 nitrogen and oxygen atoms in total. The van der Waals surface area contributed by atoms with E-state index in [1.165, 1.54) is 89.9 Å². The first kappa shape index (κ1) is 37.5. The molecule has 0 radical (unpaired) electrons. The molecule has 0 heterocycles. The molecule has 0 spiro atoms. The number of carboxylic acids is 2. The van der Waals surface area contributed by atoms with Crippen LogP contribution in [0, 0.1) is 0 Å². The fraction of sp³-hybridized carbons (Fsp3) is 0.897. The first-order valence-corrected chi connectivity index (χ1v) is 15.0. The minimum atomic E-state index is -1.17. The number of hydrazine groups is 1. The van der Waals surface area contributed by atoms with E-state index in [0.717, 1.165) is 26.1 Å². The monoisotopic (exact) mass is 529 g/mol. The fourth-order valence-corrected chi connectivity index (χ4v) is 4.28. The number of aliphatic carboxylic acids is 2. The maximum absolute atomic E-state index is 12.4. The lowest BCUT2D eigenvalue weighted by Gasteiger charge is -2.32. The first-order valence-electron chi connectivity index (χ1n) is 15.0. The molecule has 0 fully saturated rings. The molecule has 0 aliphatic rings. The third kappa shape index (κ3) is 24.4. The van der Waals surface area contributed by atoms with Gasteiger partial charge in [-0.25, -0.2) is 5.01 Å². The third-order valence-corrected chi connectivity index (χ3v) is 6.64. The molecule has 0 rings (SSSR count). The van der Waals surface area contributed by atoms with Crippen molar-refractivity contribution in [3.63, 3.8) is 0 Å². The number of carbonyl (C=O) groups excluding carboxylic acids is 1. The predicted molar refractivity (Wildman–Crippen MR) is 152 cm³/mol. The van der Waals surface area contributed by atoms with E-state index < -0.39 is 18.0 Å². The zero-order valence-corrected chi connectivity index (χ0v) is 24.5. The molecule has 37 heavy (non-hydrogen) atoms. The van der Waals surface area contributed by atoms with E-state index in [2.05, 4.69) is 32.7 Å². The molecule has 0 aliphatic heterocycles. The lowest BCUT2D eigenvalue weighted by molar-refractivity contribution is -0.148. The number of hydrogen-bond donors (Lipinski definition) is 3. The van der Waals surface area contributed by atoms with Crippen LogP contribution in [-0.4, -0.2) is 63.8 Å². The molecule has 0 saturated carbocycles. The van der Waals surface area contributed by atoms with Gasteiger partial charge in [-0.1, -0.05) is 111 Å². The summed E-state index contributed by atoms with van der Waals surface area (Å²) in [6, 6.07) is -1.06. The lowest BCUT2D eigenvalue weighted by Crippen LogP contribution is -2.46. The van der Waals surface area contributed by atoms with Gasteiger partial charge in [0.1, 0.15) is 6.04 Å². The highest BCUT2D eigenvalue weighted by atomic mass is 16.4. The molecule has 1 amide bonds. The van der Waals surface area contributed by atoms with Crippen LogP contribution in [0.5, 0.6) is 0 Å². The van der Waals surface area contributed by atoms with E-state index in [0.29, 0.717) is 12.3 Å². The summed E-state index contributed by atoms with van der Waals surface area (Å²) in [5, 5.41) is 20.4. The van der Waals surface area contributed by atoms with Gasteiger partial charge in [0.2, 0.25) is 5.91 Å². The molecular formula is C29H59N3O5. The number of nitrogens with two attached hydrogens (primary N) is 1. The number of hydrogen-bond acceptors (Lipinski definition) is 5. The van der Waals surface area contributed by atoms with Crippen molar-refractivity contribution >= 4 is 17.8 Å². The zero-order chi connectivity index (χ0) is 28.3. The van der Waals surface area contributed by atoms with Crippen molar-refractivity contribution in [2.24, 2.45) is 5.73 Å². The number of carbonyl (C=O) groups is 3. The minimum Gasteiger partial charge on any atom is -0.481 e. The summed E-state index contributed by atoms with van der Waals surface area (Å²) < 4.78 is 0. The van der Waals surface area contributed by atoms with Gasteiger partial charge in [-0.2, -0.15) is 0 Å². The lowest BCUT2D eigenvalue weighted by atomic mass is 10.0. The standard InChI is InChI=1S/C24H50N2O.C5H9NO4/c1-5-9-10-11-12-13-14-15-16-17-18-19-20-21-22-23-24(27)26(8-4)25(6-2)7-3;6-3(5(9)10)1-2-4(7)8/h5-23H2,1-4H3;3H,1-2,6H2,(H,7,8)(H,9,10). The summed E-state index contributed by atoms with van der Waals surface area (Å²) in [6.07, 6.45) is 21.0. The van der Waals surface area contributed by atoms with E-state index in [1.807, 2.05) is 5.01 Å². The molecule has 0 aromatic rings. The summed E-state index contributed by atoms with van der Waals surface area (Å²) in [6.45, 7) is 11.2. The third-order valence-electron chi connectivity index (χ3n) is 6.64. The largest absolute Gasteiger partial charge is 0.481 e. The molecule has 8 heteroatoms. The van der Waals surface area contributed by atoms with Gasteiger partial charge in [0.25, 0.3) is 0 Å².